The van der Waals surface area contributed by atoms with Gasteiger partial charge in [-0.25, -0.2) is 0 Å². The summed E-state index contributed by atoms with van der Waals surface area (Å²) in [6.45, 7) is 5.42. The minimum Gasteiger partial charge on any atom is -0.396 e. The number of rotatable bonds is 6. The Morgan fingerprint density at radius 2 is 1.93 bits per heavy atom. The van der Waals surface area contributed by atoms with Crippen molar-refractivity contribution in [2.24, 2.45) is 0 Å². The van der Waals surface area contributed by atoms with E-state index in [9.17, 15) is 0 Å². The maximum absolute atomic E-state index is 8.72. The number of nitrogens with one attached hydrogen (secondary N) is 1. The minimum atomic E-state index is 0.261. The van der Waals surface area contributed by atoms with Crippen molar-refractivity contribution in [3.8, 4) is 0 Å². The van der Waals surface area contributed by atoms with Gasteiger partial charge in [-0.15, -0.1) is 0 Å². The van der Waals surface area contributed by atoms with E-state index in [1.54, 1.807) is 0 Å². The molecule has 0 aliphatic heterocycles. The maximum atomic E-state index is 8.72. The molecule has 1 atom stereocenters. The molecule has 0 fully saturated rings. The first-order chi connectivity index (χ1) is 7.27. The van der Waals surface area contributed by atoms with E-state index in [4.69, 9.17) is 5.11 Å². The lowest BCUT2D eigenvalue weighted by Gasteiger charge is -2.17. The van der Waals surface area contributed by atoms with Gasteiger partial charge in [0, 0.05) is 12.6 Å². The Balaban J connectivity index is 2.53. The zero-order chi connectivity index (χ0) is 11.1. The quantitative estimate of drug-likeness (QED) is 0.702. The van der Waals surface area contributed by atoms with Crippen LogP contribution in [0.25, 0.3) is 0 Å². The zero-order valence-electron chi connectivity index (χ0n) is 9.66. The normalized spacial score (nSPS) is 12.7. The average molecular weight is 207 g/mol. The van der Waals surface area contributed by atoms with Crippen LogP contribution in [0.4, 0.5) is 0 Å². The van der Waals surface area contributed by atoms with Crippen LogP contribution >= 0.6 is 0 Å². The SMILES string of the molecule is CCC(NCCCO)c1ccc(C)cc1. The van der Waals surface area contributed by atoms with Crippen LogP contribution in [0.1, 0.15) is 36.9 Å². The molecular formula is C13H21NO. The van der Waals surface area contributed by atoms with E-state index >= 15 is 0 Å². The van der Waals surface area contributed by atoms with Crippen LogP contribution in [0.15, 0.2) is 24.3 Å². The van der Waals surface area contributed by atoms with E-state index < -0.39 is 0 Å². The van der Waals surface area contributed by atoms with Gasteiger partial charge in [0.2, 0.25) is 0 Å². The van der Waals surface area contributed by atoms with Crippen molar-refractivity contribution in [3.63, 3.8) is 0 Å². The number of aliphatic hydroxyl groups is 1. The molecule has 1 aromatic rings. The molecule has 0 aliphatic rings. The summed E-state index contributed by atoms with van der Waals surface area (Å²) in [6, 6.07) is 9.06. The molecule has 0 bridgehead atoms. The summed E-state index contributed by atoms with van der Waals surface area (Å²) in [6.07, 6.45) is 1.90. The molecule has 0 aliphatic carbocycles. The highest BCUT2D eigenvalue weighted by molar-refractivity contribution is 5.23. The Hall–Kier alpha value is -0.860. The van der Waals surface area contributed by atoms with Crippen LogP contribution in [0, 0.1) is 6.92 Å². The van der Waals surface area contributed by atoms with Crippen LogP contribution in [-0.4, -0.2) is 18.3 Å². The van der Waals surface area contributed by atoms with Crippen molar-refractivity contribution in [2.75, 3.05) is 13.2 Å². The largest absolute Gasteiger partial charge is 0.396 e. The summed E-state index contributed by atoms with van der Waals surface area (Å²) >= 11 is 0. The number of aryl methyl sites for hydroxylation is 1. The summed E-state index contributed by atoms with van der Waals surface area (Å²) < 4.78 is 0. The summed E-state index contributed by atoms with van der Waals surface area (Å²) in [5, 5.41) is 12.2. The van der Waals surface area contributed by atoms with Gasteiger partial charge in [0.1, 0.15) is 0 Å². The molecule has 84 valence electrons. The fourth-order valence-corrected chi connectivity index (χ4v) is 1.65. The third-order valence-electron chi connectivity index (χ3n) is 2.61. The van der Waals surface area contributed by atoms with Crippen LogP contribution in [0.3, 0.4) is 0 Å². The highest BCUT2D eigenvalue weighted by Crippen LogP contribution is 2.16. The van der Waals surface area contributed by atoms with Crippen molar-refractivity contribution in [1.29, 1.82) is 0 Å². The molecule has 15 heavy (non-hydrogen) atoms. The van der Waals surface area contributed by atoms with E-state index in [1.165, 1.54) is 11.1 Å². The first-order valence-corrected chi connectivity index (χ1v) is 5.68. The predicted molar refractivity (Wildman–Crippen MR) is 63.9 cm³/mol. The van der Waals surface area contributed by atoms with Crippen LogP contribution in [0.5, 0.6) is 0 Å². The molecule has 0 heterocycles. The van der Waals surface area contributed by atoms with Gasteiger partial charge in [-0.1, -0.05) is 36.8 Å². The molecule has 0 saturated carbocycles. The monoisotopic (exact) mass is 207 g/mol. The minimum absolute atomic E-state index is 0.261. The first kappa shape index (κ1) is 12.2. The third kappa shape index (κ3) is 4.02. The Kier molecular flexibility index (Phi) is 5.37. The van der Waals surface area contributed by atoms with Gasteiger partial charge in [-0.3, -0.25) is 0 Å². The number of hydrogen-bond donors (Lipinski definition) is 2. The van der Waals surface area contributed by atoms with Crippen molar-refractivity contribution in [1.82, 2.24) is 5.32 Å². The molecule has 0 spiro atoms. The van der Waals surface area contributed by atoms with E-state index in [-0.39, 0.29) is 6.61 Å². The molecule has 2 N–H and O–H groups in total. The van der Waals surface area contributed by atoms with Gasteiger partial charge in [-0.2, -0.15) is 0 Å². The van der Waals surface area contributed by atoms with E-state index in [0.29, 0.717) is 6.04 Å². The van der Waals surface area contributed by atoms with Crippen molar-refractivity contribution in [3.05, 3.63) is 35.4 Å². The molecule has 2 heteroatoms. The lowest BCUT2D eigenvalue weighted by atomic mass is 10.0. The average Bonchev–Trinajstić information content (AvgIpc) is 2.26. The molecule has 0 aromatic heterocycles. The second-order valence-corrected chi connectivity index (χ2v) is 3.90. The smallest absolute Gasteiger partial charge is 0.0443 e. The lowest BCUT2D eigenvalue weighted by Crippen LogP contribution is -2.22. The molecule has 1 rings (SSSR count). The summed E-state index contributed by atoms with van der Waals surface area (Å²) in [4.78, 5) is 0. The van der Waals surface area contributed by atoms with E-state index in [1.807, 2.05) is 0 Å². The number of aliphatic hydroxyl groups excluding tert-OH is 1. The third-order valence-corrected chi connectivity index (χ3v) is 2.61. The highest BCUT2D eigenvalue weighted by Gasteiger charge is 2.06. The summed E-state index contributed by atoms with van der Waals surface area (Å²) in [7, 11) is 0. The highest BCUT2D eigenvalue weighted by atomic mass is 16.3. The van der Waals surface area contributed by atoms with E-state index in [2.05, 4.69) is 43.4 Å². The topological polar surface area (TPSA) is 32.3 Å². The Morgan fingerprint density at radius 1 is 1.27 bits per heavy atom. The van der Waals surface area contributed by atoms with Gasteiger partial charge < -0.3 is 10.4 Å². The number of hydrogen-bond acceptors (Lipinski definition) is 2. The van der Waals surface area contributed by atoms with Crippen molar-refractivity contribution < 1.29 is 5.11 Å². The van der Waals surface area contributed by atoms with Crippen LogP contribution in [-0.2, 0) is 0 Å². The standard InChI is InChI=1S/C13H21NO/c1-3-13(14-9-4-10-15)12-7-5-11(2)6-8-12/h5-8,13-15H,3-4,9-10H2,1-2H3. The van der Waals surface area contributed by atoms with Gasteiger partial charge in [0.25, 0.3) is 0 Å². The van der Waals surface area contributed by atoms with Gasteiger partial charge in [0.15, 0.2) is 0 Å². The van der Waals surface area contributed by atoms with Gasteiger partial charge >= 0.3 is 0 Å². The lowest BCUT2D eigenvalue weighted by molar-refractivity contribution is 0.283. The molecule has 0 saturated heterocycles. The Morgan fingerprint density at radius 3 is 2.47 bits per heavy atom. The maximum Gasteiger partial charge on any atom is 0.0443 e. The van der Waals surface area contributed by atoms with E-state index in [0.717, 1.165) is 19.4 Å². The second-order valence-electron chi connectivity index (χ2n) is 3.90. The van der Waals surface area contributed by atoms with Gasteiger partial charge in [-0.05, 0) is 31.9 Å². The van der Waals surface area contributed by atoms with Crippen molar-refractivity contribution >= 4 is 0 Å². The molecule has 2 nitrogen and oxygen atoms in total. The first-order valence-electron chi connectivity index (χ1n) is 5.68. The van der Waals surface area contributed by atoms with Crippen molar-refractivity contribution in [2.45, 2.75) is 32.7 Å². The fraction of sp³-hybridized carbons (Fsp3) is 0.538. The molecule has 0 amide bonds. The fourth-order valence-electron chi connectivity index (χ4n) is 1.65. The Labute approximate surface area is 92.3 Å². The Bertz CT molecular complexity index is 268. The molecule has 1 unspecified atom stereocenters. The second kappa shape index (κ2) is 6.59. The van der Waals surface area contributed by atoms with Gasteiger partial charge in [0.05, 0.1) is 0 Å². The molecule has 1 aromatic carbocycles. The summed E-state index contributed by atoms with van der Waals surface area (Å²) in [5.74, 6) is 0. The number of benzene rings is 1. The van der Waals surface area contributed by atoms with Crippen LogP contribution in [0.2, 0.25) is 0 Å². The molecule has 0 radical (unpaired) electrons. The van der Waals surface area contributed by atoms with Crippen LogP contribution < -0.4 is 5.32 Å². The molecular weight excluding hydrogens is 186 g/mol. The zero-order valence-corrected chi connectivity index (χ0v) is 9.66. The summed E-state index contributed by atoms with van der Waals surface area (Å²) in [5.41, 5.74) is 2.63. The predicted octanol–water partition coefficient (Wildman–Crippen LogP) is 2.42.